The highest BCUT2D eigenvalue weighted by Crippen LogP contribution is 2.20. The molecule has 2 rings (SSSR count). The van der Waals surface area contributed by atoms with Gasteiger partial charge in [0.2, 0.25) is 0 Å². The Hall–Kier alpha value is -1.14. The van der Waals surface area contributed by atoms with Crippen LogP contribution < -0.4 is 10.6 Å². The molecule has 1 heterocycles. The molecule has 5 nitrogen and oxygen atoms in total. The molecule has 0 atom stereocenters. The molecule has 0 unspecified atom stereocenters. The van der Waals surface area contributed by atoms with Gasteiger partial charge in [-0.25, -0.2) is 4.98 Å². The molecule has 0 saturated heterocycles. The summed E-state index contributed by atoms with van der Waals surface area (Å²) in [6.45, 7) is 9.79. The number of nitrogens with zero attached hydrogens (tertiary/aromatic N) is 2. The predicted molar refractivity (Wildman–Crippen MR) is 116 cm³/mol. The zero-order valence-corrected chi connectivity index (χ0v) is 18.3. The van der Waals surface area contributed by atoms with Crippen molar-refractivity contribution in [1.82, 2.24) is 15.6 Å². The second-order valence-electron chi connectivity index (χ2n) is 7.38. The van der Waals surface area contributed by atoms with Crippen LogP contribution in [0.3, 0.4) is 0 Å². The van der Waals surface area contributed by atoms with Crippen LogP contribution in [0.5, 0.6) is 0 Å². The van der Waals surface area contributed by atoms with Crippen LogP contribution in [0.2, 0.25) is 0 Å². The molecule has 2 N–H and O–H groups in total. The van der Waals surface area contributed by atoms with E-state index in [1.54, 1.807) is 11.3 Å². The van der Waals surface area contributed by atoms with E-state index in [1.807, 2.05) is 0 Å². The van der Waals surface area contributed by atoms with Gasteiger partial charge in [0.1, 0.15) is 0 Å². The highest BCUT2D eigenvalue weighted by atomic mass is 32.1. The third-order valence-electron chi connectivity index (χ3n) is 5.03. The van der Waals surface area contributed by atoms with E-state index < -0.39 is 0 Å². The maximum absolute atomic E-state index is 6.06. The Balaban J connectivity index is 1.59. The largest absolute Gasteiger partial charge is 0.378 e. The van der Waals surface area contributed by atoms with Gasteiger partial charge in [-0.3, -0.25) is 4.99 Å². The van der Waals surface area contributed by atoms with E-state index in [0.717, 1.165) is 57.2 Å². The molecular formula is C21H38N4OS. The monoisotopic (exact) mass is 394 g/mol. The molecule has 1 aliphatic carbocycles. The lowest BCUT2D eigenvalue weighted by molar-refractivity contribution is 0.0413. The molecule has 0 aromatic carbocycles. The van der Waals surface area contributed by atoms with Crippen molar-refractivity contribution in [2.75, 3.05) is 26.2 Å². The molecule has 0 amide bonds. The van der Waals surface area contributed by atoms with E-state index in [0.29, 0.717) is 6.10 Å². The Morgan fingerprint density at radius 1 is 1.15 bits per heavy atom. The van der Waals surface area contributed by atoms with Crippen molar-refractivity contribution in [3.63, 3.8) is 0 Å². The molecule has 0 radical (unpaired) electrons. The molecule has 0 aliphatic heterocycles. The SMILES string of the molecule is CCNC(=NCCCCOC1CCCCCC1)NCCc1nc(C)c(C)s1. The molecule has 27 heavy (non-hydrogen) atoms. The molecule has 154 valence electrons. The minimum Gasteiger partial charge on any atom is -0.378 e. The van der Waals surface area contributed by atoms with Crippen LogP contribution in [0.25, 0.3) is 0 Å². The molecule has 6 heteroatoms. The van der Waals surface area contributed by atoms with Gasteiger partial charge < -0.3 is 15.4 Å². The number of hydrogen-bond acceptors (Lipinski definition) is 4. The summed E-state index contributed by atoms with van der Waals surface area (Å²) in [4.78, 5) is 10.6. The Morgan fingerprint density at radius 2 is 1.93 bits per heavy atom. The van der Waals surface area contributed by atoms with Crippen LogP contribution in [0.4, 0.5) is 0 Å². The molecule has 0 bridgehead atoms. The topological polar surface area (TPSA) is 58.5 Å². The Labute approximate surface area is 169 Å². The average molecular weight is 395 g/mol. The molecule has 1 aromatic heterocycles. The summed E-state index contributed by atoms with van der Waals surface area (Å²) in [5.74, 6) is 0.909. The van der Waals surface area contributed by atoms with Gasteiger partial charge in [0.05, 0.1) is 16.8 Å². The number of aryl methyl sites for hydroxylation is 2. The number of guanidine groups is 1. The van der Waals surface area contributed by atoms with E-state index in [4.69, 9.17) is 4.74 Å². The van der Waals surface area contributed by atoms with Crippen LogP contribution in [0.1, 0.15) is 73.9 Å². The molecule has 1 aliphatic rings. The number of aliphatic imine (C=N–C) groups is 1. The van der Waals surface area contributed by atoms with E-state index in [2.05, 4.69) is 41.4 Å². The predicted octanol–water partition coefficient (Wildman–Crippen LogP) is 4.38. The summed E-state index contributed by atoms with van der Waals surface area (Å²) in [5, 5.41) is 7.95. The molecule has 1 fully saturated rings. The zero-order valence-electron chi connectivity index (χ0n) is 17.5. The highest BCUT2D eigenvalue weighted by molar-refractivity contribution is 7.11. The van der Waals surface area contributed by atoms with E-state index in [-0.39, 0.29) is 0 Å². The smallest absolute Gasteiger partial charge is 0.191 e. The number of ether oxygens (including phenoxy) is 1. The van der Waals surface area contributed by atoms with Gasteiger partial charge in [-0.05, 0) is 46.5 Å². The molecule has 1 aromatic rings. The maximum atomic E-state index is 6.06. The van der Waals surface area contributed by atoms with Crippen molar-refractivity contribution in [3.8, 4) is 0 Å². The van der Waals surface area contributed by atoms with Gasteiger partial charge in [0.15, 0.2) is 5.96 Å². The molecule has 0 spiro atoms. The summed E-state index contributed by atoms with van der Waals surface area (Å²) in [5.41, 5.74) is 1.15. The van der Waals surface area contributed by atoms with Crippen molar-refractivity contribution < 1.29 is 4.74 Å². The second-order valence-corrected chi connectivity index (χ2v) is 8.67. The third kappa shape index (κ3) is 9.06. The first kappa shape index (κ1) is 22.2. The first-order valence-corrected chi connectivity index (χ1v) is 11.6. The normalized spacial score (nSPS) is 16.3. The molecule has 1 saturated carbocycles. The van der Waals surface area contributed by atoms with Gasteiger partial charge in [0.25, 0.3) is 0 Å². The first-order chi connectivity index (χ1) is 13.2. The summed E-state index contributed by atoms with van der Waals surface area (Å²) < 4.78 is 6.06. The second kappa shape index (κ2) is 13.1. The highest BCUT2D eigenvalue weighted by Gasteiger charge is 2.11. The van der Waals surface area contributed by atoms with Gasteiger partial charge in [-0.2, -0.15) is 0 Å². The first-order valence-electron chi connectivity index (χ1n) is 10.8. The van der Waals surface area contributed by atoms with Crippen LogP contribution in [-0.4, -0.2) is 43.3 Å². The van der Waals surface area contributed by atoms with Gasteiger partial charge in [-0.15, -0.1) is 11.3 Å². The van der Waals surface area contributed by atoms with Crippen molar-refractivity contribution in [1.29, 1.82) is 0 Å². The van der Waals surface area contributed by atoms with Crippen LogP contribution in [-0.2, 0) is 11.2 Å². The summed E-state index contributed by atoms with van der Waals surface area (Å²) in [6.07, 6.45) is 11.6. The Morgan fingerprint density at radius 3 is 2.59 bits per heavy atom. The lowest BCUT2D eigenvalue weighted by Gasteiger charge is -2.15. The van der Waals surface area contributed by atoms with Crippen molar-refractivity contribution in [3.05, 3.63) is 15.6 Å². The zero-order chi connectivity index (χ0) is 19.3. The van der Waals surface area contributed by atoms with Crippen molar-refractivity contribution in [2.24, 2.45) is 4.99 Å². The van der Waals surface area contributed by atoms with Gasteiger partial charge in [0, 0.05) is 37.5 Å². The lowest BCUT2D eigenvalue weighted by atomic mass is 10.1. The third-order valence-corrected chi connectivity index (χ3v) is 6.16. The number of aromatic nitrogens is 1. The van der Waals surface area contributed by atoms with E-state index in [1.165, 1.54) is 48.4 Å². The van der Waals surface area contributed by atoms with Crippen molar-refractivity contribution >= 4 is 17.3 Å². The van der Waals surface area contributed by atoms with Crippen LogP contribution in [0, 0.1) is 13.8 Å². The maximum Gasteiger partial charge on any atom is 0.191 e. The number of thiazole rings is 1. The van der Waals surface area contributed by atoms with Crippen LogP contribution in [0.15, 0.2) is 4.99 Å². The summed E-state index contributed by atoms with van der Waals surface area (Å²) in [6, 6.07) is 0. The summed E-state index contributed by atoms with van der Waals surface area (Å²) >= 11 is 1.79. The summed E-state index contributed by atoms with van der Waals surface area (Å²) in [7, 11) is 0. The Kier molecular flexibility index (Phi) is 10.8. The van der Waals surface area contributed by atoms with Gasteiger partial charge >= 0.3 is 0 Å². The van der Waals surface area contributed by atoms with E-state index in [9.17, 15) is 0 Å². The van der Waals surface area contributed by atoms with Crippen molar-refractivity contribution in [2.45, 2.75) is 84.7 Å². The average Bonchev–Trinajstić information content (AvgIpc) is 2.84. The lowest BCUT2D eigenvalue weighted by Crippen LogP contribution is -2.38. The fourth-order valence-corrected chi connectivity index (χ4v) is 4.27. The van der Waals surface area contributed by atoms with E-state index >= 15 is 0 Å². The minimum atomic E-state index is 0.508. The Bertz CT molecular complexity index is 531. The minimum absolute atomic E-state index is 0.508. The standard InChI is InChI=1S/C21H38N4OS/c1-4-22-21(24-15-13-20-25-17(2)18(3)27-20)23-14-9-10-16-26-19-11-7-5-6-8-12-19/h19H,4-16H2,1-3H3,(H2,22,23,24). The number of hydrogen-bond donors (Lipinski definition) is 2. The fraction of sp³-hybridized carbons (Fsp3) is 0.810. The molecular weight excluding hydrogens is 356 g/mol. The number of nitrogens with one attached hydrogen (secondary N) is 2. The van der Waals surface area contributed by atoms with Crippen LogP contribution >= 0.6 is 11.3 Å². The quantitative estimate of drug-likeness (QED) is 0.268. The number of unbranched alkanes of at least 4 members (excludes halogenated alkanes) is 1. The van der Waals surface area contributed by atoms with Gasteiger partial charge in [-0.1, -0.05) is 25.7 Å². The fourth-order valence-electron chi connectivity index (χ4n) is 3.34. The number of rotatable bonds is 10.